The van der Waals surface area contributed by atoms with E-state index in [0.717, 1.165) is 41.6 Å². The Hall–Kier alpha value is -2.69. The van der Waals surface area contributed by atoms with Crippen molar-refractivity contribution in [1.82, 2.24) is 5.32 Å². The minimum Gasteiger partial charge on any atom is -0.493 e. The predicted octanol–water partition coefficient (Wildman–Crippen LogP) is 3.40. The summed E-state index contributed by atoms with van der Waals surface area (Å²) >= 11 is 0. The third-order valence-corrected chi connectivity index (χ3v) is 4.84. The standard InChI is InChI=1S/C21H25N3O2/c22-21(24-18-11-12-25-20-8-4-2-6-17(18)20)23-13-16-5-1-3-7-19(16)26-14-15-9-10-15/h1-8,15,18H,9-14H2,(H3,22,23,24). The van der Waals surface area contributed by atoms with Crippen LogP contribution in [0.25, 0.3) is 0 Å². The molecule has 2 aromatic carbocycles. The molecule has 0 saturated heterocycles. The number of nitrogens with two attached hydrogens (primary N) is 1. The van der Waals surface area contributed by atoms with E-state index in [4.69, 9.17) is 15.2 Å². The van der Waals surface area contributed by atoms with Gasteiger partial charge in [-0.05, 0) is 30.9 Å². The van der Waals surface area contributed by atoms with Crippen LogP contribution in [0.2, 0.25) is 0 Å². The van der Waals surface area contributed by atoms with Crippen LogP contribution in [0.3, 0.4) is 0 Å². The van der Waals surface area contributed by atoms with Gasteiger partial charge in [0.05, 0.1) is 25.8 Å². The van der Waals surface area contributed by atoms with Crippen molar-refractivity contribution >= 4 is 5.96 Å². The Kier molecular flexibility index (Phi) is 4.95. The van der Waals surface area contributed by atoms with E-state index in [2.05, 4.69) is 16.4 Å². The van der Waals surface area contributed by atoms with E-state index >= 15 is 0 Å². The quantitative estimate of drug-likeness (QED) is 0.618. The maximum absolute atomic E-state index is 6.15. The van der Waals surface area contributed by atoms with Crippen LogP contribution < -0.4 is 20.5 Å². The van der Waals surface area contributed by atoms with Gasteiger partial charge in [0.1, 0.15) is 11.5 Å². The molecular weight excluding hydrogens is 326 g/mol. The molecule has 136 valence electrons. The number of rotatable bonds is 6. The summed E-state index contributed by atoms with van der Waals surface area (Å²) in [7, 11) is 0. The fourth-order valence-corrected chi connectivity index (χ4v) is 3.15. The minimum atomic E-state index is 0.130. The zero-order valence-corrected chi connectivity index (χ0v) is 14.9. The molecule has 0 aromatic heterocycles. The summed E-state index contributed by atoms with van der Waals surface area (Å²) in [5.74, 6) is 3.01. The number of aliphatic imine (C=N–C) groups is 1. The number of para-hydroxylation sites is 2. The van der Waals surface area contributed by atoms with Gasteiger partial charge in [0.25, 0.3) is 0 Å². The number of fused-ring (bicyclic) bond motifs is 1. The average molecular weight is 351 g/mol. The molecule has 4 rings (SSSR count). The molecule has 1 unspecified atom stereocenters. The van der Waals surface area contributed by atoms with Gasteiger partial charge >= 0.3 is 0 Å². The molecule has 3 N–H and O–H groups in total. The highest BCUT2D eigenvalue weighted by Gasteiger charge is 2.23. The maximum Gasteiger partial charge on any atom is 0.189 e. The lowest BCUT2D eigenvalue weighted by molar-refractivity contribution is 0.262. The van der Waals surface area contributed by atoms with Gasteiger partial charge in [0, 0.05) is 17.5 Å². The molecule has 1 saturated carbocycles. The Morgan fingerprint density at radius 2 is 1.92 bits per heavy atom. The lowest BCUT2D eigenvalue weighted by atomic mass is 10.0. The highest BCUT2D eigenvalue weighted by molar-refractivity contribution is 5.78. The van der Waals surface area contributed by atoms with Crippen LogP contribution in [0.15, 0.2) is 53.5 Å². The van der Waals surface area contributed by atoms with Gasteiger partial charge in [-0.1, -0.05) is 36.4 Å². The summed E-state index contributed by atoms with van der Waals surface area (Å²) in [5, 5.41) is 3.33. The molecular formula is C21H25N3O2. The van der Waals surface area contributed by atoms with Crippen LogP contribution in [-0.4, -0.2) is 19.2 Å². The number of ether oxygens (including phenoxy) is 2. The SMILES string of the molecule is NC(=NCc1ccccc1OCC1CC1)NC1CCOc2ccccc21. The third kappa shape index (κ3) is 4.10. The highest BCUT2D eigenvalue weighted by atomic mass is 16.5. The summed E-state index contributed by atoms with van der Waals surface area (Å²) in [6.45, 7) is 1.98. The molecule has 0 radical (unpaired) electrons. The van der Waals surface area contributed by atoms with Gasteiger partial charge in [-0.15, -0.1) is 0 Å². The summed E-state index contributed by atoms with van der Waals surface area (Å²) in [6, 6.07) is 16.2. The van der Waals surface area contributed by atoms with E-state index in [1.165, 1.54) is 12.8 Å². The monoisotopic (exact) mass is 351 g/mol. The van der Waals surface area contributed by atoms with Crippen molar-refractivity contribution in [3.63, 3.8) is 0 Å². The minimum absolute atomic E-state index is 0.130. The normalized spacial score (nSPS) is 19.4. The molecule has 26 heavy (non-hydrogen) atoms. The van der Waals surface area contributed by atoms with Gasteiger partial charge < -0.3 is 20.5 Å². The van der Waals surface area contributed by atoms with Crippen LogP contribution >= 0.6 is 0 Å². The average Bonchev–Trinajstić information content (AvgIpc) is 3.50. The second kappa shape index (κ2) is 7.68. The zero-order valence-electron chi connectivity index (χ0n) is 14.9. The smallest absolute Gasteiger partial charge is 0.189 e. The molecule has 2 aromatic rings. The molecule has 0 amide bonds. The van der Waals surface area contributed by atoms with Crippen molar-refractivity contribution < 1.29 is 9.47 Å². The van der Waals surface area contributed by atoms with Gasteiger partial charge in [0.15, 0.2) is 5.96 Å². The number of guanidine groups is 1. The molecule has 1 fully saturated rings. The van der Waals surface area contributed by atoms with E-state index in [1.807, 2.05) is 42.5 Å². The van der Waals surface area contributed by atoms with Crippen LogP contribution in [-0.2, 0) is 6.54 Å². The Balaban J connectivity index is 1.40. The first-order chi connectivity index (χ1) is 12.8. The lowest BCUT2D eigenvalue weighted by Gasteiger charge is -2.27. The molecule has 1 atom stereocenters. The van der Waals surface area contributed by atoms with Crippen molar-refractivity contribution in [3.8, 4) is 11.5 Å². The summed E-state index contributed by atoms with van der Waals surface area (Å²) in [5.41, 5.74) is 8.34. The second-order valence-electron chi connectivity index (χ2n) is 6.94. The second-order valence-corrected chi connectivity index (χ2v) is 6.94. The van der Waals surface area contributed by atoms with E-state index < -0.39 is 0 Å². The Morgan fingerprint density at radius 1 is 1.12 bits per heavy atom. The first-order valence-corrected chi connectivity index (χ1v) is 9.28. The Morgan fingerprint density at radius 3 is 2.81 bits per heavy atom. The van der Waals surface area contributed by atoms with Crippen molar-refractivity contribution in [2.24, 2.45) is 16.6 Å². The maximum atomic E-state index is 6.15. The highest BCUT2D eigenvalue weighted by Crippen LogP contribution is 2.32. The number of benzene rings is 2. The van der Waals surface area contributed by atoms with Crippen molar-refractivity contribution in [1.29, 1.82) is 0 Å². The van der Waals surface area contributed by atoms with E-state index in [1.54, 1.807) is 0 Å². The van der Waals surface area contributed by atoms with Crippen molar-refractivity contribution in [2.75, 3.05) is 13.2 Å². The van der Waals surface area contributed by atoms with E-state index in [0.29, 0.717) is 19.1 Å². The van der Waals surface area contributed by atoms with Gasteiger partial charge in [-0.3, -0.25) is 0 Å². The van der Waals surface area contributed by atoms with Crippen LogP contribution in [0, 0.1) is 5.92 Å². The number of nitrogens with one attached hydrogen (secondary N) is 1. The van der Waals surface area contributed by atoms with E-state index in [9.17, 15) is 0 Å². The number of hydrogen-bond donors (Lipinski definition) is 2. The van der Waals surface area contributed by atoms with Gasteiger partial charge in [0.2, 0.25) is 0 Å². The van der Waals surface area contributed by atoms with Gasteiger partial charge in [-0.2, -0.15) is 0 Å². The van der Waals surface area contributed by atoms with Crippen molar-refractivity contribution in [2.45, 2.75) is 31.8 Å². The Bertz CT molecular complexity index is 786. The molecule has 1 heterocycles. The molecule has 0 bridgehead atoms. The summed E-state index contributed by atoms with van der Waals surface area (Å²) < 4.78 is 11.6. The molecule has 2 aliphatic rings. The zero-order chi connectivity index (χ0) is 17.8. The summed E-state index contributed by atoms with van der Waals surface area (Å²) in [6.07, 6.45) is 3.43. The van der Waals surface area contributed by atoms with Crippen LogP contribution in [0.1, 0.15) is 36.4 Å². The fourth-order valence-electron chi connectivity index (χ4n) is 3.15. The Labute approximate surface area is 154 Å². The molecule has 5 nitrogen and oxygen atoms in total. The summed E-state index contributed by atoms with van der Waals surface area (Å²) in [4.78, 5) is 4.53. The van der Waals surface area contributed by atoms with Crippen molar-refractivity contribution in [3.05, 3.63) is 59.7 Å². The molecule has 1 aliphatic carbocycles. The molecule has 5 heteroatoms. The van der Waals surface area contributed by atoms with Crippen LogP contribution in [0.5, 0.6) is 11.5 Å². The van der Waals surface area contributed by atoms with Gasteiger partial charge in [-0.25, -0.2) is 4.99 Å². The largest absolute Gasteiger partial charge is 0.493 e. The molecule has 0 spiro atoms. The predicted molar refractivity (Wildman–Crippen MR) is 102 cm³/mol. The fraction of sp³-hybridized carbons (Fsp3) is 0.381. The first-order valence-electron chi connectivity index (χ1n) is 9.28. The third-order valence-electron chi connectivity index (χ3n) is 4.84. The molecule has 1 aliphatic heterocycles. The van der Waals surface area contributed by atoms with E-state index in [-0.39, 0.29) is 6.04 Å². The first kappa shape index (κ1) is 16.8. The lowest BCUT2D eigenvalue weighted by Crippen LogP contribution is -2.37. The number of nitrogens with zero attached hydrogens (tertiary/aromatic N) is 1. The topological polar surface area (TPSA) is 68.9 Å². The van der Waals surface area contributed by atoms with Crippen LogP contribution in [0.4, 0.5) is 0 Å². The number of hydrogen-bond acceptors (Lipinski definition) is 3.